The topological polar surface area (TPSA) is 65.9 Å². The fraction of sp³-hybridized carbons (Fsp3) is 0.600. The molecule has 2 rings (SSSR count). The largest absolute Gasteiger partial charge is 0.396 e. The molecule has 0 bridgehead atoms. The van der Waals surface area contributed by atoms with Crippen molar-refractivity contribution in [1.29, 1.82) is 5.26 Å². The first-order chi connectivity index (χ1) is 9.11. The lowest BCUT2D eigenvalue weighted by atomic mass is 9.89. The van der Waals surface area contributed by atoms with E-state index < -0.39 is 0 Å². The van der Waals surface area contributed by atoms with Crippen molar-refractivity contribution >= 4 is 11.5 Å². The van der Waals surface area contributed by atoms with Crippen molar-refractivity contribution in [1.82, 2.24) is 4.98 Å². The second kappa shape index (κ2) is 5.92. The molecule has 1 unspecified atom stereocenters. The first-order valence-electron chi connectivity index (χ1n) is 7.03. The maximum atomic E-state index is 9.00. The van der Waals surface area contributed by atoms with Gasteiger partial charge in [0.2, 0.25) is 0 Å². The van der Waals surface area contributed by atoms with E-state index in [2.05, 4.69) is 29.8 Å². The lowest BCUT2D eigenvalue weighted by Crippen LogP contribution is -2.25. The van der Waals surface area contributed by atoms with Crippen LogP contribution in [0.3, 0.4) is 0 Å². The predicted octanol–water partition coefficient (Wildman–Crippen LogP) is 2.80. The molecule has 1 atom stereocenters. The smallest absolute Gasteiger partial charge is 0.165 e. The molecule has 1 aromatic rings. The number of nitrogens with zero attached hydrogens (tertiary/aromatic N) is 3. The fourth-order valence-corrected chi connectivity index (χ4v) is 2.74. The number of hydrogen-bond acceptors (Lipinski definition) is 4. The molecule has 19 heavy (non-hydrogen) atoms. The van der Waals surface area contributed by atoms with Gasteiger partial charge >= 0.3 is 0 Å². The zero-order valence-corrected chi connectivity index (χ0v) is 11.8. The molecule has 1 saturated heterocycles. The minimum absolute atomic E-state index is 0.335. The Hall–Kier alpha value is -1.76. The van der Waals surface area contributed by atoms with Crippen molar-refractivity contribution in [2.45, 2.75) is 33.1 Å². The Morgan fingerprint density at radius 3 is 2.84 bits per heavy atom. The molecule has 0 amide bonds. The van der Waals surface area contributed by atoms with Crippen LogP contribution in [0.15, 0.2) is 12.1 Å². The highest BCUT2D eigenvalue weighted by atomic mass is 15.2. The lowest BCUT2D eigenvalue weighted by molar-refractivity contribution is 0.351. The third-order valence-corrected chi connectivity index (χ3v) is 4.06. The maximum absolute atomic E-state index is 9.00. The number of rotatable bonds is 2. The number of nitrogens with two attached hydrogens (primary N) is 1. The van der Waals surface area contributed by atoms with E-state index in [9.17, 15) is 0 Å². The van der Waals surface area contributed by atoms with E-state index in [0.29, 0.717) is 11.4 Å². The monoisotopic (exact) mass is 258 g/mol. The van der Waals surface area contributed by atoms with Crippen LogP contribution >= 0.6 is 0 Å². The van der Waals surface area contributed by atoms with Gasteiger partial charge in [-0.1, -0.05) is 13.8 Å². The van der Waals surface area contributed by atoms with Gasteiger partial charge in [0.05, 0.1) is 5.69 Å². The van der Waals surface area contributed by atoms with Crippen molar-refractivity contribution in [2.24, 2.45) is 11.8 Å². The second-order valence-electron chi connectivity index (χ2n) is 5.64. The van der Waals surface area contributed by atoms with Crippen molar-refractivity contribution in [3.63, 3.8) is 0 Å². The summed E-state index contributed by atoms with van der Waals surface area (Å²) >= 11 is 0. The third-order valence-electron chi connectivity index (χ3n) is 4.06. The van der Waals surface area contributed by atoms with Crippen LogP contribution in [0.25, 0.3) is 0 Å². The molecule has 0 aliphatic carbocycles. The van der Waals surface area contributed by atoms with Gasteiger partial charge in [0, 0.05) is 13.1 Å². The standard InChI is InChI=1S/C15H22N4/c1-11(2)12-4-3-8-19(9-7-12)15-6-5-13(17)14(10-16)18-15/h5-6,11-12H,3-4,7-9,17H2,1-2H3. The second-order valence-corrected chi connectivity index (χ2v) is 5.64. The van der Waals surface area contributed by atoms with E-state index in [1.54, 1.807) is 6.07 Å². The van der Waals surface area contributed by atoms with E-state index in [-0.39, 0.29) is 0 Å². The Labute approximate surface area is 115 Å². The summed E-state index contributed by atoms with van der Waals surface area (Å²) in [6.45, 7) is 6.64. The van der Waals surface area contributed by atoms with Gasteiger partial charge in [-0.05, 0) is 43.2 Å². The Bertz CT molecular complexity index is 476. The summed E-state index contributed by atoms with van der Waals surface area (Å²) in [7, 11) is 0. The maximum Gasteiger partial charge on any atom is 0.165 e. The summed E-state index contributed by atoms with van der Waals surface area (Å²) in [4.78, 5) is 6.65. The molecule has 1 aromatic heterocycles. The summed E-state index contributed by atoms with van der Waals surface area (Å²) in [6.07, 6.45) is 3.68. The van der Waals surface area contributed by atoms with Gasteiger partial charge < -0.3 is 10.6 Å². The van der Waals surface area contributed by atoms with Crippen molar-refractivity contribution in [3.05, 3.63) is 17.8 Å². The summed E-state index contributed by atoms with van der Waals surface area (Å²) in [6, 6.07) is 5.76. The highest BCUT2D eigenvalue weighted by molar-refractivity contribution is 5.55. The molecule has 0 aromatic carbocycles. The summed E-state index contributed by atoms with van der Waals surface area (Å²) < 4.78 is 0. The van der Waals surface area contributed by atoms with Gasteiger partial charge in [-0.3, -0.25) is 0 Å². The Morgan fingerprint density at radius 2 is 2.16 bits per heavy atom. The predicted molar refractivity (Wildman–Crippen MR) is 77.8 cm³/mol. The molecule has 2 heterocycles. The molecule has 1 aliphatic heterocycles. The van der Waals surface area contributed by atoms with Crippen molar-refractivity contribution < 1.29 is 0 Å². The summed E-state index contributed by atoms with van der Waals surface area (Å²) in [5.41, 5.74) is 6.51. The molecule has 0 saturated carbocycles. The number of hydrogen-bond donors (Lipinski definition) is 1. The minimum Gasteiger partial charge on any atom is -0.396 e. The summed E-state index contributed by atoms with van der Waals surface area (Å²) in [5.74, 6) is 2.43. The molecule has 1 fully saturated rings. The SMILES string of the molecule is CC(C)C1CCCN(c2ccc(N)c(C#N)n2)CC1. The van der Waals surface area contributed by atoms with Crippen LogP contribution in [0, 0.1) is 23.2 Å². The molecular weight excluding hydrogens is 236 g/mol. The average Bonchev–Trinajstić information content (AvgIpc) is 2.65. The first-order valence-corrected chi connectivity index (χ1v) is 7.03. The summed E-state index contributed by atoms with van der Waals surface area (Å²) in [5, 5.41) is 9.00. The van der Waals surface area contributed by atoms with Crippen molar-refractivity contribution in [3.8, 4) is 6.07 Å². The molecule has 2 N–H and O–H groups in total. The van der Waals surface area contributed by atoms with Crippen LogP contribution < -0.4 is 10.6 Å². The molecule has 1 aliphatic rings. The van der Waals surface area contributed by atoms with Gasteiger partial charge in [0.25, 0.3) is 0 Å². The van der Waals surface area contributed by atoms with E-state index in [4.69, 9.17) is 11.0 Å². The molecule has 0 spiro atoms. The van der Waals surface area contributed by atoms with Crippen LogP contribution in [-0.2, 0) is 0 Å². The molecule has 102 valence electrons. The highest BCUT2D eigenvalue weighted by Gasteiger charge is 2.20. The van der Waals surface area contributed by atoms with E-state index in [1.807, 2.05) is 6.07 Å². The molecule has 4 heteroatoms. The van der Waals surface area contributed by atoms with Crippen LogP contribution in [0.5, 0.6) is 0 Å². The number of nitrogen functional groups attached to an aromatic ring is 1. The van der Waals surface area contributed by atoms with Crippen molar-refractivity contribution in [2.75, 3.05) is 23.7 Å². The number of aromatic nitrogens is 1. The Kier molecular flexibility index (Phi) is 4.26. The first kappa shape index (κ1) is 13.7. The van der Waals surface area contributed by atoms with E-state index >= 15 is 0 Å². The van der Waals surface area contributed by atoms with Gasteiger partial charge in [0.15, 0.2) is 5.69 Å². The van der Waals surface area contributed by atoms with E-state index in [0.717, 1.165) is 30.7 Å². The van der Waals surface area contributed by atoms with Gasteiger partial charge in [-0.25, -0.2) is 4.98 Å². The van der Waals surface area contributed by atoms with Crippen LogP contribution in [0.2, 0.25) is 0 Å². The Balaban J connectivity index is 2.12. The van der Waals surface area contributed by atoms with Gasteiger partial charge in [0.1, 0.15) is 11.9 Å². The highest BCUT2D eigenvalue weighted by Crippen LogP contribution is 2.27. The zero-order valence-electron chi connectivity index (χ0n) is 11.8. The van der Waals surface area contributed by atoms with Gasteiger partial charge in [-0.2, -0.15) is 5.26 Å². The third kappa shape index (κ3) is 3.17. The van der Waals surface area contributed by atoms with Crippen LogP contribution in [-0.4, -0.2) is 18.1 Å². The normalized spacial score (nSPS) is 20.1. The minimum atomic E-state index is 0.335. The van der Waals surface area contributed by atoms with Crippen LogP contribution in [0.1, 0.15) is 38.8 Å². The number of anilines is 2. The zero-order chi connectivity index (χ0) is 13.8. The average molecular weight is 258 g/mol. The lowest BCUT2D eigenvalue weighted by Gasteiger charge is -2.22. The number of nitriles is 1. The Morgan fingerprint density at radius 1 is 1.37 bits per heavy atom. The van der Waals surface area contributed by atoms with E-state index in [1.165, 1.54) is 19.3 Å². The van der Waals surface area contributed by atoms with Gasteiger partial charge in [-0.15, -0.1) is 0 Å². The van der Waals surface area contributed by atoms with Crippen LogP contribution in [0.4, 0.5) is 11.5 Å². The fourth-order valence-electron chi connectivity index (χ4n) is 2.74. The molecule has 4 nitrogen and oxygen atoms in total. The molecular formula is C15H22N4. The number of pyridine rings is 1. The molecule has 0 radical (unpaired) electrons. The quantitative estimate of drug-likeness (QED) is 0.885.